The molecule has 0 amide bonds. The summed E-state index contributed by atoms with van der Waals surface area (Å²) in [6.45, 7) is 9.45. The smallest absolute Gasteiger partial charge is 0.321 e. The van der Waals surface area contributed by atoms with E-state index in [4.69, 9.17) is 4.74 Å². The van der Waals surface area contributed by atoms with Gasteiger partial charge in [0.2, 0.25) is 0 Å². The molecule has 0 aliphatic heterocycles. The molecule has 0 fully saturated rings. The van der Waals surface area contributed by atoms with Gasteiger partial charge in [0.1, 0.15) is 5.75 Å². The van der Waals surface area contributed by atoms with Gasteiger partial charge < -0.3 is 15.0 Å². The van der Waals surface area contributed by atoms with Gasteiger partial charge in [-0.2, -0.15) is 0 Å². The van der Waals surface area contributed by atoms with Gasteiger partial charge in [0.25, 0.3) is 0 Å². The zero-order chi connectivity index (χ0) is 15.6. The molecule has 1 N–H and O–H groups in total. The van der Waals surface area contributed by atoms with Crippen LogP contribution >= 0.6 is 24.8 Å². The molecule has 134 valence electrons. The Morgan fingerprint density at radius 3 is 2.42 bits per heavy atom. The van der Waals surface area contributed by atoms with Crippen LogP contribution in [0.25, 0.3) is 0 Å². The van der Waals surface area contributed by atoms with Crippen LogP contribution in [0.15, 0.2) is 42.7 Å². The van der Waals surface area contributed by atoms with Gasteiger partial charge in [0.15, 0.2) is 0 Å². The fourth-order valence-electron chi connectivity index (χ4n) is 2.17. The largest absolute Gasteiger partial charge is 0.424 e. The quantitative estimate of drug-likeness (QED) is 0.682. The maximum atomic E-state index is 5.64. The SMILES string of the molecule is CCN(CC)CCNCc1cccc(Oc2ncccn2)c1.Cl.Cl. The molecule has 7 heteroatoms. The highest BCUT2D eigenvalue weighted by Gasteiger charge is 2.01. The van der Waals surface area contributed by atoms with Gasteiger partial charge in [0, 0.05) is 32.0 Å². The molecular formula is C17H26Cl2N4O. The highest BCUT2D eigenvalue weighted by atomic mass is 35.5. The van der Waals surface area contributed by atoms with Crippen LogP contribution in [0.4, 0.5) is 0 Å². The van der Waals surface area contributed by atoms with Crippen molar-refractivity contribution in [2.45, 2.75) is 20.4 Å². The lowest BCUT2D eigenvalue weighted by molar-refractivity contribution is 0.302. The van der Waals surface area contributed by atoms with Gasteiger partial charge in [-0.15, -0.1) is 24.8 Å². The molecule has 1 heterocycles. The number of ether oxygens (including phenoxy) is 1. The second kappa shape index (κ2) is 13.0. The van der Waals surface area contributed by atoms with Crippen LogP contribution in [0, 0.1) is 0 Å². The van der Waals surface area contributed by atoms with E-state index in [1.54, 1.807) is 18.5 Å². The van der Waals surface area contributed by atoms with Gasteiger partial charge in [-0.1, -0.05) is 26.0 Å². The molecule has 0 saturated heterocycles. The van der Waals surface area contributed by atoms with E-state index in [9.17, 15) is 0 Å². The lowest BCUT2D eigenvalue weighted by Crippen LogP contribution is -2.31. The Labute approximate surface area is 156 Å². The van der Waals surface area contributed by atoms with Crippen LogP contribution in [-0.4, -0.2) is 41.0 Å². The number of nitrogens with zero attached hydrogens (tertiary/aromatic N) is 3. The van der Waals surface area contributed by atoms with Gasteiger partial charge in [-0.05, 0) is 36.9 Å². The molecule has 0 aliphatic rings. The number of hydrogen-bond acceptors (Lipinski definition) is 5. The Bertz CT molecular complexity index is 553. The normalized spacial score (nSPS) is 9.96. The number of likely N-dealkylation sites (N-methyl/N-ethyl adjacent to an activating group) is 1. The first kappa shape index (κ1) is 22.6. The minimum absolute atomic E-state index is 0. The first-order valence-corrected chi connectivity index (χ1v) is 7.78. The van der Waals surface area contributed by atoms with Crippen molar-refractivity contribution >= 4 is 24.8 Å². The number of benzene rings is 1. The Balaban J connectivity index is 0.00000264. The monoisotopic (exact) mass is 372 g/mol. The lowest BCUT2D eigenvalue weighted by atomic mass is 10.2. The summed E-state index contributed by atoms with van der Waals surface area (Å²) in [5.41, 5.74) is 1.19. The summed E-state index contributed by atoms with van der Waals surface area (Å²) in [4.78, 5) is 10.5. The van der Waals surface area contributed by atoms with Gasteiger partial charge in [0.05, 0.1) is 0 Å². The van der Waals surface area contributed by atoms with E-state index < -0.39 is 0 Å². The average Bonchev–Trinajstić information content (AvgIpc) is 2.56. The van der Waals surface area contributed by atoms with Crippen molar-refractivity contribution in [1.82, 2.24) is 20.2 Å². The molecule has 0 radical (unpaired) electrons. The molecule has 0 unspecified atom stereocenters. The number of nitrogens with one attached hydrogen (secondary N) is 1. The summed E-state index contributed by atoms with van der Waals surface area (Å²) < 4.78 is 5.64. The zero-order valence-corrected chi connectivity index (χ0v) is 15.8. The summed E-state index contributed by atoms with van der Waals surface area (Å²) in [5.74, 6) is 0.759. The number of aromatic nitrogens is 2. The number of halogens is 2. The van der Waals surface area contributed by atoms with Crippen molar-refractivity contribution in [2.75, 3.05) is 26.2 Å². The Hall–Kier alpha value is -1.40. The van der Waals surface area contributed by atoms with Gasteiger partial charge in [-0.25, -0.2) is 9.97 Å². The first-order valence-electron chi connectivity index (χ1n) is 7.78. The molecule has 2 aromatic rings. The maximum Gasteiger partial charge on any atom is 0.321 e. The first-order chi connectivity index (χ1) is 10.8. The molecule has 0 atom stereocenters. The molecule has 0 aliphatic carbocycles. The van der Waals surface area contributed by atoms with Gasteiger partial charge >= 0.3 is 6.01 Å². The molecule has 1 aromatic carbocycles. The van der Waals surface area contributed by atoms with Crippen molar-refractivity contribution in [3.8, 4) is 11.8 Å². The minimum atomic E-state index is 0. The fourth-order valence-corrected chi connectivity index (χ4v) is 2.17. The maximum absolute atomic E-state index is 5.64. The summed E-state index contributed by atoms with van der Waals surface area (Å²) in [6.07, 6.45) is 3.34. The van der Waals surface area contributed by atoms with Crippen molar-refractivity contribution < 1.29 is 4.74 Å². The number of hydrogen-bond donors (Lipinski definition) is 1. The van der Waals surface area contributed by atoms with Gasteiger partial charge in [-0.3, -0.25) is 0 Å². The summed E-state index contributed by atoms with van der Waals surface area (Å²) in [5, 5.41) is 3.46. The second-order valence-corrected chi connectivity index (χ2v) is 4.98. The van der Waals surface area contributed by atoms with Crippen LogP contribution in [-0.2, 0) is 6.54 Å². The molecule has 24 heavy (non-hydrogen) atoms. The summed E-state index contributed by atoms with van der Waals surface area (Å²) in [6, 6.07) is 10.1. The highest BCUT2D eigenvalue weighted by Crippen LogP contribution is 2.18. The van der Waals surface area contributed by atoms with E-state index >= 15 is 0 Å². The van der Waals surface area contributed by atoms with Crippen molar-refractivity contribution in [3.05, 3.63) is 48.3 Å². The van der Waals surface area contributed by atoms with E-state index in [0.717, 1.165) is 38.5 Å². The lowest BCUT2D eigenvalue weighted by Gasteiger charge is -2.18. The van der Waals surface area contributed by atoms with Crippen LogP contribution in [0.1, 0.15) is 19.4 Å². The van der Waals surface area contributed by atoms with Crippen LogP contribution in [0.2, 0.25) is 0 Å². The minimum Gasteiger partial charge on any atom is -0.424 e. The Kier molecular flexibility index (Phi) is 12.2. The van der Waals surface area contributed by atoms with Crippen LogP contribution < -0.4 is 10.1 Å². The van der Waals surface area contributed by atoms with Crippen LogP contribution in [0.3, 0.4) is 0 Å². The predicted molar refractivity (Wildman–Crippen MR) is 103 cm³/mol. The number of rotatable bonds is 9. The zero-order valence-electron chi connectivity index (χ0n) is 14.1. The molecular weight excluding hydrogens is 347 g/mol. The van der Waals surface area contributed by atoms with Crippen molar-refractivity contribution in [3.63, 3.8) is 0 Å². The summed E-state index contributed by atoms with van der Waals surface area (Å²) >= 11 is 0. The topological polar surface area (TPSA) is 50.3 Å². The molecule has 0 saturated carbocycles. The average molecular weight is 373 g/mol. The van der Waals surface area contributed by atoms with E-state index in [1.807, 2.05) is 18.2 Å². The second-order valence-electron chi connectivity index (χ2n) is 4.98. The molecule has 5 nitrogen and oxygen atoms in total. The molecule has 0 bridgehead atoms. The van der Waals surface area contributed by atoms with E-state index in [1.165, 1.54) is 5.56 Å². The Morgan fingerprint density at radius 1 is 1.04 bits per heavy atom. The molecule has 0 spiro atoms. The Morgan fingerprint density at radius 2 is 1.75 bits per heavy atom. The fraction of sp³-hybridized carbons (Fsp3) is 0.412. The van der Waals surface area contributed by atoms with E-state index in [0.29, 0.717) is 6.01 Å². The predicted octanol–water partition coefficient (Wildman–Crippen LogP) is 3.54. The van der Waals surface area contributed by atoms with E-state index in [-0.39, 0.29) is 24.8 Å². The highest BCUT2D eigenvalue weighted by molar-refractivity contribution is 5.85. The van der Waals surface area contributed by atoms with Crippen molar-refractivity contribution in [2.24, 2.45) is 0 Å². The summed E-state index contributed by atoms with van der Waals surface area (Å²) in [7, 11) is 0. The third-order valence-electron chi connectivity index (χ3n) is 3.48. The molecule has 2 rings (SSSR count). The van der Waals surface area contributed by atoms with Crippen LogP contribution in [0.5, 0.6) is 11.8 Å². The standard InChI is InChI=1S/C17H24N4O.2ClH/c1-3-21(4-2)12-11-18-14-15-7-5-8-16(13-15)22-17-19-9-6-10-20-17;;/h5-10,13,18H,3-4,11-12,14H2,1-2H3;2*1H. The van der Waals surface area contributed by atoms with Crippen molar-refractivity contribution in [1.29, 1.82) is 0 Å². The third-order valence-corrected chi connectivity index (χ3v) is 3.48. The van der Waals surface area contributed by atoms with E-state index in [2.05, 4.69) is 40.1 Å². The molecule has 1 aromatic heterocycles. The third kappa shape index (κ3) is 7.93.